The lowest BCUT2D eigenvalue weighted by Crippen LogP contribution is -2.52. The standard InChI is InChI=1S/C21H36N4O2S.HI/c1-5-21(6-2,18-11-9-8-10-12-18)17-23-20(22-4)24-19-13-15-25(16-14-19)28(26,27)7-3;/h8-12,19H,5-7,13-17H2,1-4H3,(H2,22,23,24);1H. The molecule has 0 saturated carbocycles. The van der Waals surface area contributed by atoms with Crippen LogP contribution in [0.5, 0.6) is 0 Å². The molecule has 0 aliphatic carbocycles. The molecule has 0 unspecified atom stereocenters. The largest absolute Gasteiger partial charge is 0.356 e. The van der Waals surface area contributed by atoms with Gasteiger partial charge in [0.15, 0.2) is 5.96 Å². The zero-order valence-corrected chi connectivity index (χ0v) is 21.3. The predicted octanol–water partition coefficient (Wildman–Crippen LogP) is 3.34. The van der Waals surface area contributed by atoms with Crippen molar-refractivity contribution in [1.29, 1.82) is 0 Å². The molecule has 0 atom stereocenters. The predicted molar refractivity (Wildman–Crippen MR) is 133 cm³/mol. The zero-order valence-electron chi connectivity index (χ0n) is 18.1. The first-order valence-corrected chi connectivity index (χ1v) is 12.0. The van der Waals surface area contributed by atoms with Crippen molar-refractivity contribution in [3.05, 3.63) is 35.9 Å². The van der Waals surface area contributed by atoms with Gasteiger partial charge in [0, 0.05) is 38.1 Å². The van der Waals surface area contributed by atoms with E-state index >= 15 is 0 Å². The summed E-state index contributed by atoms with van der Waals surface area (Å²) in [6.07, 6.45) is 3.69. The van der Waals surface area contributed by atoms with Crippen LogP contribution in [0.4, 0.5) is 0 Å². The summed E-state index contributed by atoms with van der Waals surface area (Å²) in [6, 6.07) is 10.9. The summed E-state index contributed by atoms with van der Waals surface area (Å²) in [5.41, 5.74) is 1.42. The van der Waals surface area contributed by atoms with Gasteiger partial charge in [-0.05, 0) is 38.2 Å². The molecular weight excluding hydrogens is 499 g/mol. The Bertz CT molecular complexity index is 728. The highest BCUT2D eigenvalue weighted by Crippen LogP contribution is 2.30. The van der Waals surface area contributed by atoms with Crippen molar-refractivity contribution in [2.75, 3.05) is 32.4 Å². The van der Waals surface area contributed by atoms with Crippen molar-refractivity contribution in [3.63, 3.8) is 0 Å². The summed E-state index contributed by atoms with van der Waals surface area (Å²) in [5.74, 6) is 0.961. The Kier molecular flexibility index (Phi) is 10.9. The van der Waals surface area contributed by atoms with Crippen molar-refractivity contribution in [2.24, 2.45) is 4.99 Å². The Morgan fingerprint density at radius 2 is 1.72 bits per heavy atom. The lowest BCUT2D eigenvalue weighted by atomic mass is 9.76. The molecule has 1 heterocycles. The first kappa shape index (κ1) is 26.2. The first-order valence-electron chi connectivity index (χ1n) is 10.4. The fourth-order valence-electron chi connectivity index (χ4n) is 3.90. The second-order valence-electron chi connectivity index (χ2n) is 7.50. The van der Waals surface area contributed by atoms with Gasteiger partial charge in [-0.2, -0.15) is 0 Å². The molecule has 6 nitrogen and oxygen atoms in total. The highest BCUT2D eigenvalue weighted by Gasteiger charge is 2.30. The second-order valence-corrected chi connectivity index (χ2v) is 9.76. The van der Waals surface area contributed by atoms with Crippen LogP contribution in [0.25, 0.3) is 0 Å². The van der Waals surface area contributed by atoms with E-state index in [0.717, 1.165) is 38.2 Å². The van der Waals surface area contributed by atoms with Crippen LogP contribution >= 0.6 is 24.0 Å². The van der Waals surface area contributed by atoms with E-state index in [1.54, 1.807) is 18.3 Å². The fraction of sp³-hybridized carbons (Fsp3) is 0.667. The minimum atomic E-state index is -3.09. The summed E-state index contributed by atoms with van der Waals surface area (Å²) in [6.45, 7) is 8.13. The normalized spacial score (nSPS) is 16.9. The Labute approximate surface area is 194 Å². The molecule has 1 aromatic carbocycles. The molecule has 0 bridgehead atoms. The molecular formula is C21H37IN4O2S. The SMILES string of the molecule is CCC(CC)(CNC(=NC)NC1CCN(S(=O)(=O)CC)CC1)c1ccccc1.I. The number of hydrogen-bond acceptors (Lipinski definition) is 3. The fourth-order valence-corrected chi connectivity index (χ4v) is 5.04. The highest BCUT2D eigenvalue weighted by atomic mass is 127. The summed E-state index contributed by atoms with van der Waals surface area (Å²) < 4.78 is 25.7. The monoisotopic (exact) mass is 536 g/mol. The molecule has 29 heavy (non-hydrogen) atoms. The van der Waals surface area contributed by atoms with Gasteiger partial charge >= 0.3 is 0 Å². The highest BCUT2D eigenvalue weighted by molar-refractivity contribution is 14.0. The Morgan fingerprint density at radius 3 is 2.21 bits per heavy atom. The zero-order chi connectivity index (χ0) is 20.6. The number of aliphatic imine (C=N–C) groups is 1. The van der Waals surface area contributed by atoms with Crippen LogP contribution in [0.3, 0.4) is 0 Å². The molecule has 0 radical (unpaired) electrons. The summed E-state index contributed by atoms with van der Waals surface area (Å²) in [5, 5.41) is 7.00. The van der Waals surface area contributed by atoms with Crippen LogP contribution < -0.4 is 10.6 Å². The van der Waals surface area contributed by atoms with E-state index in [1.807, 2.05) is 0 Å². The van der Waals surface area contributed by atoms with Crippen molar-refractivity contribution in [2.45, 2.75) is 57.9 Å². The number of nitrogens with zero attached hydrogens (tertiary/aromatic N) is 2. The van der Waals surface area contributed by atoms with E-state index < -0.39 is 10.0 Å². The molecule has 1 aliphatic rings. The third-order valence-corrected chi connectivity index (χ3v) is 7.99. The van der Waals surface area contributed by atoms with Crippen LogP contribution in [0.1, 0.15) is 52.0 Å². The molecule has 1 aliphatic heterocycles. The van der Waals surface area contributed by atoms with Gasteiger partial charge < -0.3 is 10.6 Å². The van der Waals surface area contributed by atoms with Crippen molar-refractivity contribution >= 4 is 40.0 Å². The van der Waals surface area contributed by atoms with Crippen LogP contribution in [-0.4, -0.2) is 57.2 Å². The molecule has 1 fully saturated rings. The van der Waals surface area contributed by atoms with Gasteiger partial charge in [0.25, 0.3) is 0 Å². The topological polar surface area (TPSA) is 73.8 Å². The van der Waals surface area contributed by atoms with E-state index in [0.29, 0.717) is 13.1 Å². The maximum atomic E-state index is 12.0. The molecule has 166 valence electrons. The second kappa shape index (κ2) is 12.1. The minimum absolute atomic E-state index is 0. The first-order chi connectivity index (χ1) is 13.4. The number of rotatable bonds is 8. The molecule has 2 rings (SSSR count). The third kappa shape index (κ3) is 6.82. The molecule has 0 amide bonds. The van der Waals surface area contributed by atoms with Gasteiger partial charge in [-0.3, -0.25) is 4.99 Å². The molecule has 2 N–H and O–H groups in total. The Balaban J connectivity index is 0.00000420. The number of nitrogens with one attached hydrogen (secondary N) is 2. The van der Waals surface area contributed by atoms with E-state index in [1.165, 1.54) is 5.56 Å². The van der Waals surface area contributed by atoms with Crippen molar-refractivity contribution < 1.29 is 8.42 Å². The van der Waals surface area contributed by atoms with Gasteiger partial charge in [0.2, 0.25) is 10.0 Å². The number of piperidine rings is 1. The minimum Gasteiger partial charge on any atom is -0.356 e. The van der Waals surface area contributed by atoms with Gasteiger partial charge in [-0.1, -0.05) is 44.2 Å². The number of guanidine groups is 1. The number of hydrogen-bond donors (Lipinski definition) is 2. The van der Waals surface area contributed by atoms with Crippen LogP contribution in [-0.2, 0) is 15.4 Å². The molecule has 1 saturated heterocycles. The quantitative estimate of drug-likeness (QED) is 0.304. The van der Waals surface area contributed by atoms with Gasteiger partial charge in [-0.15, -0.1) is 24.0 Å². The summed E-state index contributed by atoms with van der Waals surface area (Å²) in [4.78, 5) is 4.39. The maximum Gasteiger partial charge on any atom is 0.213 e. The van der Waals surface area contributed by atoms with Gasteiger partial charge in [0.1, 0.15) is 0 Å². The Morgan fingerprint density at radius 1 is 1.14 bits per heavy atom. The maximum absolute atomic E-state index is 12.0. The van der Waals surface area contributed by atoms with Crippen molar-refractivity contribution in [3.8, 4) is 0 Å². The lowest BCUT2D eigenvalue weighted by Gasteiger charge is -2.35. The van der Waals surface area contributed by atoms with E-state index in [-0.39, 0.29) is 41.2 Å². The molecule has 0 aromatic heterocycles. The Hall–Kier alpha value is -0.870. The van der Waals surface area contributed by atoms with Crippen LogP contribution in [0.2, 0.25) is 0 Å². The van der Waals surface area contributed by atoms with Crippen LogP contribution in [0, 0.1) is 0 Å². The van der Waals surface area contributed by atoms with E-state index in [9.17, 15) is 8.42 Å². The molecule has 8 heteroatoms. The number of benzene rings is 1. The average molecular weight is 537 g/mol. The van der Waals surface area contributed by atoms with Crippen LogP contribution in [0.15, 0.2) is 35.3 Å². The van der Waals surface area contributed by atoms with E-state index in [2.05, 4.69) is 59.8 Å². The third-order valence-electron chi connectivity index (χ3n) is 6.11. The summed E-state index contributed by atoms with van der Waals surface area (Å²) >= 11 is 0. The van der Waals surface area contributed by atoms with E-state index in [4.69, 9.17) is 0 Å². The smallest absolute Gasteiger partial charge is 0.213 e. The van der Waals surface area contributed by atoms with Gasteiger partial charge in [-0.25, -0.2) is 12.7 Å². The molecule has 0 spiro atoms. The number of sulfonamides is 1. The summed E-state index contributed by atoms with van der Waals surface area (Å²) in [7, 11) is -1.30. The lowest BCUT2D eigenvalue weighted by molar-refractivity contribution is 0.305. The average Bonchev–Trinajstić information content (AvgIpc) is 2.75. The van der Waals surface area contributed by atoms with Crippen molar-refractivity contribution in [1.82, 2.24) is 14.9 Å². The molecule has 1 aromatic rings. The number of halogens is 1. The van der Waals surface area contributed by atoms with Gasteiger partial charge in [0.05, 0.1) is 5.75 Å².